The number of carbonyl (C=O) groups excluding carboxylic acids is 2. The third-order valence-corrected chi connectivity index (χ3v) is 13.3. The third kappa shape index (κ3) is 53.3. The summed E-state index contributed by atoms with van der Waals surface area (Å²) in [5, 5.41) is 0. The number of phosphoric acid groups is 1. The van der Waals surface area contributed by atoms with Gasteiger partial charge in [-0.3, -0.25) is 14.2 Å². The van der Waals surface area contributed by atoms with Crippen LogP contribution in [0.3, 0.4) is 0 Å². The molecule has 0 aliphatic rings. The fourth-order valence-corrected chi connectivity index (χ4v) is 8.62. The lowest BCUT2D eigenvalue weighted by molar-refractivity contribution is -0.870. The first-order valence-electron chi connectivity index (χ1n) is 28.3. The summed E-state index contributed by atoms with van der Waals surface area (Å²) < 4.78 is 34.1. The first-order chi connectivity index (χ1) is 33.0. The SMILES string of the molecule is CCCCCCC/C=C\C/C=C\C/C=C\CCCCCCCCCCC(=O)OC(COC(=O)CCCCCCCCCCC/C=C\CCCCCCCCCC)COP(=O)([O-])OCC[N+](C)(C)C. The number of hydrogen-bond acceptors (Lipinski definition) is 8. The van der Waals surface area contributed by atoms with E-state index in [0.29, 0.717) is 17.4 Å². The summed E-state index contributed by atoms with van der Waals surface area (Å²) in [7, 11) is 1.16. The average molecular weight is 978 g/mol. The van der Waals surface area contributed by atoms with Crippen LogP contribution >= 0.6 is 7.82 Å². The van der Waals surface area contributed by atoms with Gasteiger partial charge in [0.2, 0.25) is 0 Å². The van der Waals surface area contributed by atoms with Crippen LogP contribution < -0.4 is 4.89 Å². The van der Waals surface area contributed by atoms with E-state index in [1.165, 1.54) is 167 Å². The molecular weight excluding hydrogens is 870 g/mol. The Balaban J connectivity index is 4.21. The topological polar surface area (TPSA) is 111 Å². The third-order valence-electron chi connectivity index (χ3n) is 12.3. The van der Waals surface area contributed by atoms with E-state index in [-0.39, 0.29) is 32.0 Å². The van der Waals surface area contributed by atoms with Crippen molar-refractivity contribution in [1.82, 2.24) is 0 Å². The number of likely N-dealkylation sites (N-methyl/N-ethyl adjacent to an activating group) is 1. The molecule has 0 heterocycles. The highest BCUT2D eigenvalue weighted by Gasteiger charge is 2.21. The van der Waals surface area contributed by atoms with E-state index in [2.05, 4.69) is 62.5 Å². The van der Waals surface area contributed by atoms with E-state index in [1.54, 1.807) is 0 Å². The molecule has 2 unspecified atom stereocenters. The fraction of sp³-hybridized carbons (Fsp3) is 0.828. The summed E-state index contributed by atoms with van der Waals surface area (Å²) in [4.78, 5) is 37.8. The minimum absolute atomic E-state index is 0.0334. The molecule has 9 nitrogen and oxygen atoms in total. The van der Waals surface area contributed by atoms with Gasteiger partial charge in [-0.2, -0.15) is 0 Å². The zero-order valence-corrected chi connectivity index (χ0v) is 45.9. The van der Waals surface area contributed by atoms with E-state index < -0.39 is 26.5 Å². The van der Waals surface area contributed by atoms with Crippen molar-refractivity contribution in [2.75, 3.05) is 47.5 Å². The van der Waals surface area contributed by atoms with Crippen molar-refractivity contribution >= 4 is 19.8 Å². The van der Waals surface area contributed by atoms with Crippen LogP contribution in [0.15, 0.2) is 48.6 Å². The van der Waals surface area contributed by atoms with Gasteiger partial charge in [0.25, 0.3) is 7.82 Å². The Morgan fingerprint density at radius 3 is 1.19 bits per heavy atom. The Labute approximate surface area is 420 Å². The Kier molecular flexibility index (Phi) is 48.4. The molecule has 0 N–H and O–H groups in total. The van der Waals surface area contributed by atoms with Gasteiger partial charge in [-0.15, -0.1) is 0 Å². The number of quaternary nitrogens is 1. The molecule has 398 valence electrons. The van der Waals surface area contributed by atoms with Gasteiger partial charge in [-0.25, -0.2) is 0 Å². The molecule has 0 saturated carbocycles. The quantitative estimate of drug-likeness (QED) is 0.0195. The normalized spacial score (nSPS) is 13.7. The molecule has 0 radical (unpaired) electrons. The molecular formula is C58H108NO8P. The van der Waals surface area contributed by atoms with E-state index in [9.17, 15) is 19.0 Å². The summed E-state index contributed by atoms with van der Waals surface area (Å²) in [6.45, 7) is 4.24. The van der Waals surface area contributed by atoms with Crippen molar-refractivity contribution in [2.45, 2.75) is 264 Å². The molecule has 0 fully saturated rings. The number of hydrogen-bond donors (Lipinski definition) is 0. The van der Waals surface area contributed by atoms with Crippen LogP contribution in [0.4, 0.5) is 0 Å². The number of carbonyl (C=O) groups is 2. The summed E-state index contributed by atoms with van der Waals surface area (Å²) in [6.07, 6.45) is 61.4. The highest BCUT2D eigenvalue weighted by atomic mass is 31.2. The van der Waals surface area contributed by atoms with Crippen molar-refractivity contribution < 1.29 is 42.1 Å². The van der Waals surface area contributed by atoms with E-state index >= 15 is 0 Å². The molecule has 0 aliphatic carbocycles. The molecule has 10 heteroatoms. The highest BCUT2D eigenvalue weighted by molar-refractivity contribution is 7.45. The maximum absolute atomic E-state index is 12.8. The van der Waals surface area contributed by atoms with Crippen molar-refractivity contribution in [3.05, 3.63) is 48.6 Å². The maximum Gasteiger partial charge on any atom is 0.306 e. The molecule has 0 rings (SSSR count). The van der Waals surface area contributed by atoms with Gasteiger partial charge >= 0.3 is 11.9 Å². The minimum Gasteiger partial charge on any atom is -0.756 e. The van der Waals surface area contributed by atoms with Gasteiger partial charge < -0.3 is 27.9 Å². The van der Waals surface area contributed by atoms with Crippen LogP contribution in [0.2, 0.25) is 0 Å². The van der Waals surface area contributed by atoms with Crippen LogP contribution in [0.5, 0.6) is 0 Å². The number of esters is 2. The smallest absolute Gasteiger partial charge is 0.306 e. The second-order valence-corrected chi connectivity index (χ2v) is 21.7. The van der Waals surface area contributed by atoms with E-state index in [0.717, 1.165) is 57.8 Å². The predicted octanol–water partition coefficient (Wildman–Crippen LogP) is 16.7. The van der Waals surface area contributed by atoms with Crippen LogP contribution in [0, 0.1) is 0 Å². The van der Waals surface area contributed by atoms with E-state index in [1.807, 2.05) is 21.1 Å². The lowest BCUT2D eigenvalue weighted by Gasteiger charge is -2.28. The molecule has 0 aromatic rings. The van der Waals surface area contributed by atoms with E-state index in [4.69, 9.17) is 18.5 Å². The lowest BCUT2D eigenvalue weighted by Crippen LogP contribution is -2.37. The van der Waals surface area contributed by atoms with Gasteiger partial charge in [0.1, 0.15) is 19.8 Å². The van der Waals surface area contributed by atoms with Gasteiger partial charge in [0.15, 0.2) is 6.10 Å². The predicted molar refractivity (Wildman–Crippen MR) is 287 cm³/mol. The summed E-state index contributed by atoms with van der Waals surface area (Å²) in [5.74, 6) is -0.837. The largest absolute Gasteiger partial charge is 0.756 e. The van der Waals surface area contributed by atoms with Crippen molar-refractivity contribution in [3.63, 3.8) is 0 Å². The van der Waals surface area contributed by atoms with Crippen molar-refractivity contribution in [3.8, 4) is 0 Å². The Morgan fingerprint density at radius 1 is 0.456 bits per heavy atom. The van der Waals surface area contributed by atoms with Crippen molar-refractivity contribution in [1.29, 1.82) is 0 Å². The lowest BCUT2D eigenvalue weighted by atomic mass is 10.1. The van der Waals surface area contributed by atoms with Gasteiger partial charge in [-0.1, -0.05) is 217 Å². The number of phosphoric ester groups is 1. The summed E-state index contributed by atoms with van der Waals surface area (Å²) >= 11 is 0. The second-order valence-electron chi connectivity index (χ2n) is 20.3. The highest BCUT2D eigenvalue weighted by Crippen LogP contribution is 2.38. The number of rotatable bonds is 52. The number of unbranched alkanes of at least 4 members (excludes halogenated alkanes) is 30. The van der Waals surface area contributed by atoms with Crippen LogP contribution in [-0.2, 0) is 32.7 Å². The molecule has 0 spiro atoms. The number of ether oxygens (including phenoxy) is 2. The second kappa shape index (κ2) is 49.9. The monoisotopic (exact) mass is 978 g/mol. The molecule has 2 atom stereocenters. The molecule has 68 heavy (non-hydrogen) atoms. The van der Waals surface area contributed by atoms with Crippen molar-refractivity contribution in [2.24, 2.45) is 0 Å². The Morgan fingerprint density at radius 2 is 0.794 bits per heavy atom. The van der Waals surface area contributed by atoms with Gasteiger partial charge in [0.05, 0.1) is 27.7 Å². The fourth-order valence-electron chi connectivity index (χ4n) is 7.89. The van der Waals surface area contributed by atoms with Crippen LogP contribution in [0.25, 0.3) is 0 Å². The number of nitrogens with zero attached hydrogens (tertiary/aromatic N) is 1. The zero-order chi connectivity index (χ0) is 49.9. The first-order valence-corrected chi connectivity index (χ1v) is 29.8. The molecule has 0 bridgehead atoms. The molecule has 0 aliphatic heterocycles. The molecule has 0 saturated heterocycles. The Bertz CT molecular complexity index is 1290. The van der Waals surface area contributed by atoms with Gasteiger partial charge in [0, 0.05) is 12.8 Å². The zero-order valence-electron chi connectivity index (χ0n) is 45.1. The first kappa shape index (κ1) is 66.0. The Hall–Kier alpha value is -2.03. The van der Waals surface area contributed by atoms with Gasteiger partial charge in [-0.05, 0) is 77.0 Å². The van der Waals surface area contributed by atoms with Crippen LogP contribution in [0.1, 0.15) is 258 Å². The standard InChI is InChI=1S/C58H108NO8P/c1-6-8-10-12-14-16-18-20-22-24-26-28-29-31-33-35-37-39-41-43-45-47-49-51-58(61)67-56(55-66-68(62,63)65-53-52-59(3,4)5)54-64-57(60)50-48-46-44-42-40-38-36-34-32-30-27-25-23-21-19-17-15-13-11-9-7-2/h18,20,24-27,29,31,56H,6-17,19,21-23,28,30,32-55H2,1-5H3/b20-18-,26-24-,27-25-,31-29-. The number of allylic oxidation sites excluding steroid dienone is 8. The summed E-state index contributed by atoms with van der Waals surface area (Å²) in [5.41, 5.74) is 0. The van der Waals surface area contributed by atoms with Crippen LogP contribution in [-0.4, -0.2) is 70.0 Å². The molecule has 0 aromatic heterocycles. The minimum atomic E-state index is -4.64. The molecule has 0 amide bonds. The average Bonchev–Trinajstić information content (AvgIpc) is 3.30. The summed E-state index contributed by atoms with van der Waals surface area (Å²) in [6, 6.07) is 0. The maximum atomic E-state index is 12.8. The molecule has 0 aromatic carbocycles.